The molecule has 2 rings (SSSR count). The number of aromatic nitrogens is 1. The zero-order valence-electron chi connectivity index (χ0n) is 7.12. The monoisotopic (exact) mass is 173 g/mol. The molecule has 0 aliphatic heterocycles. The van der Waals surface area contributed by atoms with Gasteiger partial charge in [0.2, 0.25) is 0 Å². The van der Waals surface area contributed by atoms with Crippen molar-refractivity contribution >= 4 is 11.4 Å². The van der Waals surface area contributed by atoms with E-state index in [9.17, 15) is 0 Å². The van der Waals surface area contributed by atoms with Crippen LogP contribution in [0.1, 0.15) is 0 Å². The van der Waals surface area contributed by atoms with Crippen LogP contribution in [0.4, 0.5) is 11.4 Å². The summed E-state index contributed by atoms with van der Waals surface area (Å²) in [6.07, 6.45) is 3.80. The van der Waals surface area contributed by atoms with Gasteiger partial charge in [0.1, 0.15) is 0 Å². The molecule has 1 heterocycles. The molecular formula is C10H11N3. The molecule has 0 saturated carbocycles. The van der Waals surface area contributed by atoms with Crippen LogP contribution in [-0.4, -0.2) is 4.98 Å². The highest BCUT2D eigenvalue weighted by Gasteiger charge is 1.99. The number of nitrogens with two attached hydrogens (primary N) is 2. The predicted molar refractivity (Wildman–Crippen MR) is 55.1 cm³/mol. The van der Waals surface area contributed by atoms with Crippen LogP contribution < -0.4 is 11.5 Å². The van der Waals surface area contributed by atoms with Crippen LogP contribution in [-0.2, 0) is 0 Å². The quantitative estimate of drug-likeness (QED) is 0.576. The van der Waals surface area contributed by atoms with Gasteiger partial charge in [-0.25, -0.2) is 0 Å². The first-order chi connectivity index (χ1) is 6.27. The molecule has 0 unspecified atom stereocenters. The molecule has 0 radical (unpaired) electrons. The van der Waals surface area contributed by atoms with Crippen molar-refractivity contribution in [2.75, 3.05) is 11.5 Å². The number of hydrogen-bond donors (Lipinski definition) is 3. The molecule has 0 spiro atoms. The topological polar surface area (TPSA) is 67.8 Å². The Kier molecular flexibility index (Phi) is 1.70. The summed E-state index contributed by atoms with van der Waals surface area (Å²) in [5, 5.41) is 0. The number of rotatable bonds is 1. The van der Waals surface area contributed by atoms with E-state index in [2.05, 4.69) is 4.98 Å². The van der Waals surface area contributed by atoms with E-state index in [4.69, 9.17) is 11.5 Å². The third-order valence-electron chi connectivity index (χ3n) is 2.02. The van der Waals surface area contributed by atoms with Crippen LogP contribution >= 0.6 is 0 Å². The van der Waals surface area contributed by atoms with E-state index in [0.29, 0.717) is 11.4 Å². The van der Waals surface area contributed by atoms with Crippen molar-refractivity contribution in [2.45, 2.75) is 0 Å². The Bertz CT molecular complexity index is 404. The summed E-state index contributed by atoms with van der Waals surface area (Å²) in [4.78, 5) is 2.99. The van der Waals surface area contributed by atoms with Gasteiger partial charge in [0.25, 0.3) is 0 Å². The van der Waals surface area contributed by atoms with Gasteiger partial charge in [-0.3, -0.25) is 0 Å². The Morgan fingerprint density at radius 1 is 0.923 bits per heavy atom. The zero-order valence-corrected chi connectivity index (χ0v) is 7.12. The second-order valence-electron chi connectivity index (χ2n) is 2.94. The second-order valence-corrected chi connectivity index (χ2v) is 2.94. The van der Waals surface area contributed by atoms with Crippen LogP contribution in [0.2, 0.25) is 0 Å². The number of nitrogens with one attached hydrogen (secondary N) is 1. The summed E-state index contributed by atoms with van der Waals surface area (Å²) in [7, 11) is 0. The van der Waals surface area contributed by atoms with Crippen LogP contribution in [0.5, 0.6) is 0 Å². The number of benzene rings is 1. The first-order valence-corrected chi connectivity index (χ1v) is 4.05. The molecule has 5 N–H and O–H groups in total. The molecule has 0 saturated heterocycles. The van der Waals surface area contributed by atoms with E-state index in [1.165, 1.54) is 0 Å². The fourth-order valence-corrected chi connectivity index (χ4v) is 1.26. The van der Waals surface area contributed by atoms with Crippen molar-refractivity contribution in [3.05, 3.63) is 36.7 Å². The fourth-order valence-electron chi connectivity index (χ4n) is 1.26. The maximum absolute atomic E-state index is 5.69. The summed E-state index contributed by atoms with van der Waals surface area (Å²) < 4.78 is 0. The third-order valence-corrected chi connectivity index (χ3v) is 2.02. The van der Waals surface area contributed by atoms with Crippen molar-refractivity contribution < 1.29 is 0 Å². The highest BCUT2D eigenvalue weighted by atomic mass is 14.7. The summed E-state index contributed by atoms with van der Waals surface area (Å²) in [5.41, 5.74) is 14.7. The highest BCUT2D eigenvalue weighted by Crippen LogP contribution is 2.24. The zero-order chi connectivity index (χ0) is 9.26. The lowest BCUT2D eigenvalue weighted by molar-refractivity contribution is 1.41. The van der Waals surface area contributed by atoms with Gasteiger partial charge in [0.05, 0.1) is 11.4 Å². The summed E-state index contributed by atoms with van der Waals surface area (Å²) in [5.74, 6) is 0. The molecule has 13 heavy (non-hydrogen) atoms. The van der Waals surface area contributed by atoms with Gasteiger partial charge in [-0.05, 0) is 29.3 Å². The van der Waals surface area contributed by atoms with Crippen molar-refractivity contribution in [1.29, 1.82) is 0 Å². The SMILES string of the molecule is Nc1ccc(-c2cc[nH]c2)cc1N. The maximum Gasteiger partial charge on any atom is 0.0554 e. The molecule has 3 heteroatoms. The van der Waals surface area contributed by atoms with Gasteiger partial charge in [0.15, 0.2) is 0 Å². The second kappa shape index (κ2) is 2.86. The first-order valence-electron chi connectivity index (χ1n) is 4.05. The predicted octanol–water partition coefficient (Wildman–Crippen LogP) is 1.85. The summed E-state index contributed by atoms with van der Waals surface area (Å²) in [6.45, 7) is 0. The number of hydrogen-bond acceptors (Lipinski definition) is 2. The van der Waals surface area contributed by atoms with Gasteiger partial charge < -0.3 is 16.5 Å². The molecule has 2 aromatic rings. The van der Waals surface area contributed by atoms with Crippen LogP contribution in [0.3, 0.4) is 0 Å². The standard InChI is InChI=1S/C10H11N3/c11-9-2-1-7(5-10(9)12)8-3-4-13-6-8/h1-6,13H,11-12H2. The van der Waals surface area contributed by atoms with E-state index >= 15 is 0 Å². The lowest BCUT2D eigenvalue weighted by atomic mass is 10.1. The Morgan fingerprint density at radius 2 is 1.77 bits per heavy atom. The van der Waals surface area contributed by atoms with E-state index < -0.39 is 0 Å². The summed E-state index contributed by atoms with van der Waals surface area (Å²) in [6, 6.07) is 7.63. The van der Waals surface area contributed by atoms with Crippen molar-refractivity contribution in [3.8, 4) is 11.1 Å². The molecule has 0 atom stereocenters. The largest absolute Gasteiger partial charge is 0.397 e. The number of anilines is 2. The minimum absolute atomic E-state index is 0.624. The van der Waals surface area contributed by atoms with E-state index in [1.54, 1.807) is 0 Å². The van der Waals surface area contributed by atoms with Crippen LogP contribution in [0, 0.1) is 0 Å². The molecule has 1 aromatic carbocycles. The van der Waals surface area contributed by atoms with Crippen molar-refractivity contribution in [1.82, 2.24) is 4.98 Å². The maximum atomic E-state index is 5.69. The number of aromatic amines is 1. The molecular weight excluding hydrogens is 162 g/mol. The normalized spacial score (nSPS) is 10.2. The molecule has 0 bridgehead atoms. The molecule has 0 aliphatic rings. The lowest BCUT2D eigenvalue weighted by Crippen LogP contribution is -1.93. The molecule has 1 aromatic heterocycles. The molecule has 0 aliphatic carbocycles. The Hall–Kier alpha value is -1.90. The van der Waals surface area contributed by atoms with Gasteiger partial charge >= 0.3 is 0 Å². The summed E-state index contributed by atoms with van der Waals surface area (Å²) >= 11 is 0. The highest BCUT2D eigenvalue weighted by molar-refractivity contribution is 5.74. The lowest BCUT2D eigenvalue weighted by Gasteiger charge is -2.02. The first kappa shape index (κ1) is 7.73. The van der Waals surface area contributed by atoms with Gasteiger partial charge in [-0.2, -0.15) is 0 Å². The Balaban J connectivity index is 2.49. The van der Waals surface area contributed by atoms with Crippen molar-refractivity contribution in [2.24, 2.45) is 0 Å². The average Bonchev–Trinajstić information content (AvgIpc) is 2.62. The molecule has 3 nitrogen and oxygen atoms in total. The van der Waals surface area contributed by atoms with E-state index in [1.807, 2.05) is 36.7 Å². The Labute approximate surface area is 76.4 Å². The fraction of sp³-hybridized carbons (Fsp3) is 0. The minimum atomic E-state index is 0.624. The van der Waals surface area contributed by atoms with Gasteiger partial charge in [-0.1, -0.05) is 6.07 Å². The third kappa shape index (κ3) is 1.36. The smallest absolute Gasteiger partial charge is 0.0554 e. The number of H-pyrrole nitrogens is 1. The van der Waals surface area contributed by atoms with Crippen LogP contribution in [0.15, 0.2) is 36.7 Å². The molecule has 66 valence electrons. The average molecular weight is 173 g/mol. The minimum Gasteiger partial charge on any atom is -0.397 e. The van der Waals surface area contributed by atoms with E-state index in [-0.39, 0.29) is 0 Å². The number of nitrogen functional groups attached to an aromatic ring is 2. The van der Waals surface area contributed by atoms with Crippen molar-refractivity contribution in [3.63, 3.8) is 0 Å². The van der Waals surface area contributed by atoms with Crippen LogP contribution in [0.25, 0.3) is 11.1 Å². The molecule has 0 amide bonds. The van der Waals surface area contributed by atoms with Gasteiger partial charge in [-0.15, -0.1) is 0 Å². The van der Waals surface area contributed by atoms with E-state index in [0.717, 1.165) is 11.1 Å². The molecule has 0 fully saturated rings. The Morgan fingerprint density at radius 3 is 2.38 bits per heavy atom. The van der Waals surface area contributed by atoms with Gasteiger partial charge in [0, 0.05) is 12.4 Å².